The van der Waals surface area contributed by atoms with E-state index in [2.05, 4.69) is 0 Å². The summed E-state index contributed by atoms with van der Waals surface area (Å²) in [7, 11) is 1.68. The molecule has 21 heavy (non-hydrogen) atoms. The van der Waals surface area contributed by atoms with Gasteiger partial charge in [0.2, 0.25) is 0 Å². The summed E-state index contributed by atoms with van der Waals surface area (Å²) in [6.07, 6.45) is 13.3. The van der Waals surface area contributed by atoms with Crippen molar-refractivity contribution in [3.05, 3.63) is 29.8 Å². The minimum Gasteiger partial charge on any atom is -0.497 e. The second kappa shape index (κ2) is 8.43. The van der Waals surface area contributed by atoms with Gasteiger partial charge in [0.15, 0.2) is 0 Å². The van der Waals surface area contributed by atoms with Crippen LogP contribution in [-0.4, -0.2) is 12.2 Å². The molecule has 0 aromatic heterocycles. The van der Waals surface area contributed by atoms with E-state index < -0.39 is 5.60 Å². The lowest BCUT2D eigenvalue weighted by molar-refractivity contribution is 0.0129. The molecule has 0 atom stereocenters. The van der Waals surface area contributed by atoms with Gasteiger partial charge >= 0.3 is 0 Å². The Labute approximate surface area is 129 Å². The molecule has 0 aliphatic heterocycles. The number of hydrogen-bond donors (Lipinski definition) is 1. The Balaban J connectivity index is 2.05. The zero-order valence-corrected chi connectivity index (χ0v) is 13.4. The van der Waals surface area contributed by atoms with Crippen LogP contribution in [0.2, 0.25) is 0 Å². The number of benzene rings is 1. The molecule has 2 rings (SSSR count). The van der Waals surface area contributed by atoms with Gasteiger partial charge in [-0.1, -0.05) is 69.9 Å². The van der Waals surface area contributed by atoms with E-state index in [4.69, 9.17) is 4.74 Å². The Bertz CT molecular complexity index is 385. The Hall–Kier alpha value is -1.02. The highest BCUT2D eigenvalue weighted by Crippen LogP contribution is 2.34. The summed E-state index contributed by atoms with van der Waals surface area (Å²) in [5.41, 5.74) is 0.409. The van der Waals surface area contributed by atoms with E-state index in [0.717, 1.165) is 37.0 Å². The smallest absolute Gasteiger partial charge is 0.118 e. The third kappa shape index (κ3) is 5.03. The van der Waals surface area contributed by atoms with Crippen LogP contribution in [0.25, 0.3) is 0 Å². The third-order valence-electron chi connectivity index (χ3n) is 4.81. The van der Waals surface area contributed by atoms with Crippen LogP contribution in [0.4, 0.5) is 0 Å². The van der Waals surface area contributed by atoms with Crippen LogP contribution in [0.5, 0.6) is 5.75 Å². The zero-order chi connectivity index (χ0) is 15.0. The van der Waals surface area contributed by atoms with Gasteiger partial charge in [-0.2, -0.15) is 0 Å². The molecule has 0 radical (unpaired) electrons. The molecule has 1 saturated carbocycles. The third-order valence-corrected chi connectivity index (χ3v) is 4.81. The standard InChI is InChI=1S/C19H30O2/c1-21-18-13-11-17(12-14-18)19(20)15-9-7-5-3-2-4-6-8-10-16-19/h11-14,20H,2-10,15-16H2,1H3. The first kappa shape index (κ1) is 16.4. The maximum Gasteiger partial charge on any atom is 0.118 e. The van der Waals surface area contributed by atoms with E-state index in [9.17, 15) is 5.11 Å². The summed E-state index contributed by atoms with van der Waals surface area (Å²) in [6.45, 7) is 0. The average molecular weight is 290 g/mol. The van der Waals surface area contributed by atoms with E-state index in [0.29, 0.717) is 0 Å². The van der Waals surface area contributed by atoms with Crippen molar-refractivity contribution in [2.45, 2.75) is 76.2 Å². The summed E-state index contributed by atoms with van der Waals surface area (Å²) < 4.78 is 5.22. The highest BCUT2D eigenvalue weighted by Gasteiger charge is 2.28. The number of rotatable bonds is 2. The minimum atomic E-state index is -0.647. The van der Waals surface area contributed by atoms with Crippen LogP contribution in [0.1, 0.15) is 76.2 Å². The molecular formula is C19H30O2. The molecule has 2 nitrogen and oxygen atoms in total. The largest absolute Gasteiger partial charge is 0.497 e. The van der Waals surface area contributed by atoms with E-state index in [1.807, 2.05) is 24.3 Å². The van der Waals surface area contributed by atoms with Gasteiger partial charge in [-0.05, 0) is 30.5 Å². The van der Waals surface area contributed by atoms with Crippen LogP contribution in [0, 0.1) is 0 Å². The number of hydrogen-bond acceptors (Lipinski definition) is 2. The molecule has 1 N–H and O–H groups in total. The second-order valence-corrected chi connectivity index (χ2v) is 6.44. The van der Waals surface area contributed by atoms with Gasteiger partial charge < -0.3 is 9.84 Å². The van der Waals surface area contributed by atoms with Crippen molar-refractivity contribution in [2.75, 3.05) is 7.11 Å². The van der Waals surface area contributed by atoms with Gasteiger partial charge in [-0.25, -0.2) is 0 Å². The Morgan fingerprint density at radius 1 is 0.762 bits per heavy atom. The highest BCUT2D eigenvalue weighted by molar-refractivity contribution is 5.30. The predicted molar refractivity (Wildman–Crippen MR) is 87.7 cm³/mol. The van der Waals surface area contributed by atoms with Crippen molar-refractivity contribution in [3.8, 4) is 5.75 Å². The quantitative estimate of drug-likeness (QED) is 0.812. The highest BCUT2D eigenvalue weighted by atomic mass is 16.5. The van der Waals surface area contributed by atoms with E-state index in [1.165, 1.54) is 44.9 Å². The van der Waals surface area contributed by atoms with Crippen molar-refractivity contribution >= 4 is 0 Å². The van der Waals surface area contributed by atoms with Gasteiger partial charge in [0.05, 0.1) is 12.7 Å². The van der Waals surface area contributed by atoms with Crippen molar-refractivity contribution in [2.24, 2.45) is 0 Å². The fourth-order valence-corrected chi connectivity index (χ4v) is 3.39. The minimum absolute atomic E-state index is 0.647. The van der Waals surface area contributed by atoms with Crippen LogP contribution in [0.3, 0.4) is 0 Å². The van der Waals surface area contributed by atoms with Crippen molar-refractivity contribution in [1.29, 1.82) is 0 Å². The summed E-state index contributed by atoms with van der Waals surface area (Å²) in [6, 6.07) is 7.99. The van der Waals surface area contributed by atoms with Gasteiger partial charge in [0, 0.05) is 0 Å². The molecule has 1 aromatic carbocycles. The van der Waals surface area contributed by atoms with Crippen molar-refractivity contribution in [3.63, 3.8) is 0 Å². The molecule has 0 amide bonds. The molecule has 0 spiro atoms. The van der Waals surface area contributed by atoms with Gasteiger partial charge in [-0.3, -0.25) is 0 Å². The average Bonchev–Trinajstić information content (AvgIpc) is 2.51. The lowest BCUT2D eigenvalue weighted by Gasteiger charge is -2.29. The van der Waals surface area contributed by atoms with Gasteiger partial charge in [0.25, 0.3) is 0 Å². The monoisotopic (exact) mass is 290 g/mol. The summed E-state index contributed by atoms with van der Waals surface area (Å²) in [5.74, 6) is 0.857. The van der Waals surface area contributed by atoms with Crippen LogP contribution >= 0.6 is 0 Å². The summed E-state index contributed by atoms with van der Waals surface area (Å²) in [5, 5.41) is 11.1. The molecule has 2 heteroatoms. The van der Waals surface area contributed by atoms with E-state index in [-0.39, 0.29) is 0 Å². The second-order valence-electron chi connectivity index (χ2n) is 6.44. The first-order chi connectivity index (χ1) is 10.2. The van der Waals surface area contributed by atoms with Crippen LogP contribution in [0.15, 0.2) is 24.3 Å². The SMILES string of the molecule is COc1ccc(C2(O)CCCCCCCCCCC2)cc1. The number of methoxy groups -OCH3 is 1. The lowest BCUT2D eigenvalue weighted by Crippen LogP contribution is -2.25. The van der Waals surface area contributed by atoms with Gasteiger partial charge in [-0.15, -0.1) is 0 Å². The van der Waals surface area contributed by atoms with Crippen molar-refractivity contribution < 1.29 is 9.84 Å². The maximum absolute atomic E-state index is 11.1. The first-order valence-corrected chi connectivity index (χ1v) is 8.61. The molecule has 0 bridgehead atoms. The summed E-state index contributed by atoms with van der Waals surface area (Å²) in [4.78, 5) is 0. The topological polar surface area (TPSA) is 29.5 Å². The van der Waals surface area contributed by atoms with E-state index in [1.54, 1.807) is 7.11 Å². The predicted octanol–water partition coefficient (Wildman–Crippen LogP) is 5.19. The van der Waals surface area contributed by atoms with E-state index >= 15 is 0 Å². The molecule has 1 aromatic rings. The Morgan fingerprint density at radius 2 is 1.19 bits per heavy atom. The molecule has 0 unspecified atom stereocenters. The Kier molecular flexibility index (Phi) is 6.56. The summed E-state index contributed by atoms with van der Waals surface area (Å²) >= 11 is 0. The molecule has 118 valence electrons. The first-order valence-electron chi connectivity index (χ1n) is 8.61. The number of ether oxygens (including phenoxy) is 1. The number of aliphatic hydroxyl groups is 1. The Morgan fingerprint density at radius 3 is 1.62 bits per heavy atom. The van der Waals surface area contributed by atoms with Crippen LogP contribution < -0.4 is 4.74 Å². The normalized spacial score (nSPS) is 21.0. The van der Waals surface area contributed by atoms with Crippen molar-refractivity contribution in [1.82, 2.24) is 0 Å². The molecule has 0 heterocycles. The molecule has 1 aliphatic rings. The van der Waals surface area contributed by atoms with Gasteiger partial charge in [0.1, 0.15) is 5.75 Å². The fraction of sp³-hybridized carbons (Fsp3) is 0.684. The van der Waals surface area contributed by atoms with Crippen LogP contribution in [-0.2, 0) is 5.60 Å². The maximum atomic E-state index is 11.1. The molecule has 1 aliphatic carbocycles. The fourth-order valence-electron chi connectivity index (χ4n) is 3.39. The molecule has 1 fully saturated rings. The molecule has 0 saturated heterocycles. The molecular weight excluding hydrogens is 260 g/mol. The zero-order valence-electron chi connectivity index (χ0n) is 13.4. The lowest BCUT2D eigenvalue weighted by atomic mass is 9.83.